The van der Waals surface area contributed by atoms with E-state index in [1.54, 1.807) is 6.20 Å². The summed E-state index contributed by atoms with van der Waals surface area (Å²) in [6, 6.07) is 8.79. The zero-order chi connectivity index (χ0) is 14.8. The second kappa shape index (κ2) is 5.52. The van der Waals surface area contributed by atoms with Gasteiger partial charge in [-0.05, 0) is 24.0 Å². The van der Waals surface area contributed by atoms with Gasteiger partial charge in [0.05, 0.1) is 12.4 Å². The van der Waals surface area contributed by atoms with Gasteiger partial charge in [0.2, 0.25) is 0 Å². The molecular formula is C16H17N3O2. The van der Waals surface area contributed by atoms with Crippen molar-refractivity contribution in [2.75, 3.05) is 4.90 Å². The van der Waals surface area contributed by atoms with Crippen LogP contribution in [-0.2, 0) is 13.0 Å². The summed E-state index contributed by atoms with van der Waals surface area (Å²) >= 11 is 0. The number of hydrogen-bond donors (Lipinski definition) is 1. The largest absolute Gasteiger partial charge is 0.476 e. The van der Waals surface area contributed by atoms with Crippen LogP contribution in [0.15, 0.2) is 36.7 Å². The zero-order valence-electron chi connectivity index (χ0n) is 11.9. The highest BCUT2D eigenvalue weighted by molar-refractivity contribution is 5.84. The van der Waals surface area contributed by atoms with Gasteiger partial charge < -0.3 is 10.0 Å². The molecule has 0 saturated heterocycles. The van der Waals surface area contributed by atoms with E-state index in [2.05, 4.69) is 40.0 Å². The van der Waals surface area contributed by atoms with Gasteiger partial charge in [-0.2, -0.15) is 0 Å². The molecule has 2 aromatic rings. The Balaban J connectivity index is 1.91. The first-order valence-corrected chi connectivity index (χ1v) is 7.07. The third-order valence-corrected chi connectivity index (χ3v) is 3.98. The number of aromatic nitrogens is 2. The van der Waals surface area contributed by atoms with E-state index in [1.807, 2.05) is 6.07 Å². The fourth-order valence-corrected chi connectivity index (χ4v) is 2.80. The van der Waals surface area contributed by atoms with Crippen LogP contribution in [0.2, 0.25) is 0 Å². The maximum absolute atomic E-state index is 10.9. The second-order valence-corrected chi connectivity index (χ2v) is 5.23. The molecule has 3 rings (SSSR count). The van der Waals surface area contributed by atoms with Crippen LogP contribution in [0.3, 0.4) is 0 Å². The van der Waals surface area contributed by atoms with Crippen molar-refractivity contribution in [3.8, 4) is 0 Å². The minimum atomic E-state index is -1.05. The molecule has 1 aromatic heterocycles. The predicted octanol–water partition coefficient (Wildman–Crippen LogP) is 2.52. The molecule has 0 radical (unpaired) electrons. The van der Waals surface area contributed by atoms with Gasteiger partial charge in [-0.25, -0.2) is 14.8 Å². The number of anilines is 1. The van der Waals surface area contributed by atoms with Crippen LogP contribution in [-0.4, -0.2) is 27.1 Å². The topological polar surface area (TPSA) is 66.3 Å². The number of fused-ring (bicyclic) bond motifs is 1. The van der Waals surface area contributed by atoms with Gasteiger partial charge >= 0.3 is 5.97 Å². The van der Waals surface area contributed by atoms with Crippen LogP contribution in [0.25, 0.3) is 0 Å². The summed E-state index contributed by atoms with van der Waals surface area (Å²) in [7, 11) is 0. The van der Waals surface area contributed by atoms with Gasteiger partial charge in [0.15, 0.2) is 5.69 Å². The number of benzene rings is 1. The minimum Gasteiger partial charge on any atom is -0.476 e. The number of nitrogens with zero attached hydrogens (tertiary/aromatic N) is 3. The Bertz CT molecular complexity index is 655. The van der Waals surface area contributed by atoms with E-state index in [0.717, 1.165) is 25.2 Å². The molecule has 1 aliphatic heterocycles. The predicted molar refractivity (Wildman–Crippen MR) is 79.4 cm³/mol. The van der Waals surface area contributed by atoms with Crippen molar-refractivity contribution in [2.45, 2.75) is 32.4 Å². The highest BCUT2D eigenvalue weighted by Gasteiger charge is 2.26. The Labute approximate surface area is 123 Å². The van der Waals surface area contributed by atoms with Gasteiger partial charge in [-0.1, -0.05) is 31.2 Å². The van der Waals surface area contributed by atoms with Gasteiger partial charge in [-0.3, -0.25) is 0 Å². The Hall–Kier alpha value is -2.43. The first-order chi connectivity index (χ1) is 10.2. The van der Waals surface area contributed by atoms with Crippen molar-refractivity contribution in [2.24, 2.45) is 0 Å². The quantitative estimate of drug-likeness (QED) is 0.937. The maximum atomic E-state index is 10.9. The van der Waals surface area contributed by atoms with Crippen molar-refractivity contribution in [1.29, 1.82) is 0 Å². The Morgan fingerprint density at radius 3 is 2.67 bits per heavy atom. The summed E-state index contributed by atoms with van der Waals surface area (Å²) < 4.78 is 0. The van der Waals surface area contributed by atoms with Crippen molar-refractivity contribution in [3.05, 3.63) is 53.5 Å². The molecule has 5 heteroatoms. The number of carboxylic acids is 1. The van der Waals surface area contributed by atoms with E-state index in [9.17, 15) is 4.79 Å². The second-order valence-electron chi connectivity index (χ2n) is 5.23. The van der Waals surface area contributed by atoms with E-state index in [1.165, 1.54) is 17.3 Å². The minimum absolute atomic E-state index is 0.0239. The summed E-state index contributed by atoms with van der Waals surface area (Å²) in [4.78, 5) is 21.3. The fraction of sp³-hybridized carbons (Fsp3) is 0.312. The van der Waals surface area contributed by atoms with Crippen LogP contribution in [0, 0.1) is 0 Å². The Morgan fingerprint density at radius 1 is 1.29 bits per heavy atom. The lowest BCUT2D eigenvalue weighted by Gasteiger charge is -2.37. The smallest absolute Gasteiger partial charge is 0.356 e. The highest BCUT2D eigenvalue weighted by Crippen LogP contribution is 2.28. The van der Waals surface area contributed by atoms with E-state index in [0.29, 0.717) is 6.04 Å². The molecular weight excluding hydrogens is 266 g/mol. The molecule has 2 heterocycles. The summed E-state index contributed by atoms with van der Waals surface area (Å²) in [6.07, 6.45) is 4.87. The summed E-state index contributed by atoms with van der Waals surface area (Å²) in [5, 5.41) is 8.90. The van der Waals surface area contributed by atoms with Crippen molar-refractivity contribution >= 4 is 11.8 Å². The molecule has 0 amide bonds. The molecule has 0 spiro atoms. The Kier molecular flexibility index (Phi) is 3.56. The van der Waals surface area contributed by atoms with Crippen molar-refractivity contribution in [1.82, 2.24) is 9.97 Å². The van der Waals surface area contributed by atoms with Crippen molar-refractivity contribution < 1.29 is 9.90 Å². The monoisotopic (exact) mass is 283 g/mol. The molecule has 108 valence electrons. The van der Waals surface area contributed by atoms with Crippen LogP contribution < -0.4 is 4.90 Å². The first-order valence-electron chi connectivity index (χ1n) is 7.07. The molecule has 1 N–H and O–H groups in total. The number of carboxylic acid groups (broad SMARTS) is 1. The molecule has 1 aliphatic rings. The van der Waals surface area contributed by atoms with Gasteiger partial charge in [0.1, 0.15) is 5.82 Å². The third-order valence-electron chi connectivity index (χ3n) is 3.98. The molecule has 0 bridgehead atoms. The molecule has 21 heavy (non-hydrogen) atoms. The number of hydrogen-bond acceptors (Lipinski definition) is 4. The molecule has 1 unspecified atom stereocenters. The maximum Gasteiger partial charge on any atom is 0.356 e. The lowest BCUT2D eigenvalue weighted by molar-refractivity contribution is 0.0690. The SMILES string of the molecule is CCC1Cc2ccccc2CN1c1cnc(C(=O)O)cn1. The van der Waals surface area contributed by atoms with E-state index < -0.39 is 5.97 Å². The zero-order valence-corrected chi connectivity index (χ0v) is 11.9. The van der Waals surface area contributed by atoms with E-state index in [4.69, 9.17) is 5.11 Å². The van der Waals surface area contributed by atoms with Crippen molar-refractivity contribution in [3.63, 3.8) is 0 Å². The average Bonchev–Trinajstić information content (AvgIpc) is 2.53. The van der Waals surface area contributed by atoms with Gasteiger partial charge in [0.25, 0.3) is 0 Å². The van der Waals surface area contributed by atoms with E-state index >= 15 is 0 Å². The molecule has 1 aromatic carbocycles. The average molecular weight is 283 g/mol. The third kappa shape index (κ3) is 2.59. The van der Waals surface area contributed by atoms with Gasteiger partial charge in [-0.15, -0.1) is 0 Å². The summed E-state index contributed by atoms with van der Waals surface area (Å²) in [5.74, 6) is -0.313. The molecule has 1 atom stereocenters. The Morgan fingerprint density at radius 2 is 2.05 bits per heavy atom. The van der Waals surface area contributed by atoms with Crippen LogP contribution in [0.4, 0.5) is 5.82 Å². The normalized spacial score (nSPS) is 17.4. The van der Waals surface area contributed by atoms with Crippen LogP contribution in [0.5, 0.6) is 0 Å². The number of carbonyl (C=O) groups is 1. The summed E-state index contributed by atoms with van der Waals surface area (Å²) in [6.45, 7) is 2.94. The van der Waals surface area contributed by atoms with E-state index in [-0.39, 0.29) is 5.69 Å². The molecule has 0 saturated carbocycles. The standard InChI is InChI=1S/C16H17N3O2/c1-2-13-7-11-5-3-4-6-12(11)10-19(13)15-9-17-14(8-18-15)16(20)21/h3-6,8-9,13H,2,7,10H2,1H3,(H,20,21). The lowest BCUT2D eigenvalue weighted by Crippen LogP contribution is -2.40. The molecule has 0 aliphatic carbocycles. The number of rotatable bonds is 3. The molecule has 5 nitrogen and oxygen atoms in total. The highest BCUT2D eigenvalue weighted by atomic mass is 16.4. The fourth-order valence-electron chi connectivity index (χ4n) is 2.80. The van der Waals surface area contributed by atoms with Crippen LogP contribution >= 0.6 is 0 Å². The number of aromatic carboxylic acids is 1. The lowest BCUT2D eigenvalue weighted by atomic mass is 9.93. The summed E-state index contributed by atoms with van der Waals surface area (Å²) in [5.41, 5.74) is 2.66. The van der Waals surface area contributed by atoms with Crippen LogP contribution in [0.1, 0.15) is 35.0 Å². The first kappa shape index (κ1) is 13.5. The van der Waals surface area contributed by atoms with Gasteiger partial charge in [0, 0.05) is 12.6 Å². The molecule has 0 fully saturated rings.